The van der Waals surface area contributed by atoms with Gasteiger partial charge in [-0.15, -0.1) is 34.4 Å². The van der Waals surface area contributed by atoms with Crippen molar-refractivity contribution in [2.45, 2.75) is 51.1 Å². The number of thiophene rings is 1. The third-order valence-corrected chi connectivity index (χ3v) is 8.42. The van der Waals surface area contributed by atoms with E-state index in [1.54, 1.807) is 39.3 Å². The Bertz CT molecular complexity index is 799. The van der Waals surface area contributed by atoms with Gasteiger partial charge in [-0.3, -0.25) is 9.59 Å². The molecule has 2 aliphatic rings. The number of thiazole rings is 1. The third kappa shape index (κ3) is 4.78. The molecule has 1 saturated heterocycles. The molecule has 28 heavy (non-hydrogen) atoms. The maximum Gasteiger partial charge on any atom is 0.244 e. The van der Waals surface area contributed by atoms with E-state index >= 15 is 0 Å². The van der Waals surface area contributed by atoms with Crippen molar-refractivity contribution in [3.8, 4) is 9.88 Å². The van der Waals surface area contributed by atoms with Crippen LogP contribution in [0.4, 0.5) is 0 Å². The highest BCUT2D eigenvalue weighted by Crippen LogP contribution is 2.30. The molecular weight excluding hydrogens is 410 g/mol. The van der Waals surface area contributed by atoms with Crippen molar-refractivity contribution in [3.05, 3.63) is 28.6 Å². The number of nitrogens with zero attached hydrogens (tertiary/aromatic N) is 2. The van der Waals surface area contributed by atoms with Crippen molar-refractivity contribution in [2.75, 3.05) is 11.6 Å². The van der Waals surface area contributed by atoms with Crippen LogP contribution in [0.5, 0.6) is 0 Å². The minimum absolute atomic E-state index is 0.0649. The fourth-order valence-electron chi connectivity index (χ4n) is 3.87. The van der Waals surface area contributed by atoms with Gasteiger partial charge in [0, 0.05) is 17.6 Å². The molecule has 150 valence electrons. The van der Waals surface area contributed by atoms with Gasteiger partial charge in [-0.05, 0) is 23.8 Å². The second-order valence-corrected chi connectivity index (χ2v) is 10.2. The molecule has 0 spiro atoms. The zero-order valence-corrected chi connectivity index (χ0v) is 18.2. The smallest absolute Gasteiger partial charge is 0.244 e. The van der Waals surface area contributed by atoms with Crippen LogP contribution in [0.3, 0.4) is 0 Å². The first-order valence-corrected chi connectivity index (χ1v) is 12.8. The number of amides is 2. The lowest BCUT2D eigenvalue weighted by molar-refractivity contribution is -0.138. The predicted molar refractivity (Wildman–Crippen MR) is 116 cm³/mol. The summed E-state index contributed by atoms with van der Waals surface area (Å²) in [5, 5.41) is 7.99. The van der Waals surface area contributed by atoms with Crippen LogP contribution in [-0.4, -0.2) is 39.4 Å². The van der Waals surface area contributed by atoms with Crippen molar-refractivity contribution in [1.82, 2.24) is 15.2 Å². The Morgan fingerprint density at radius 1 is 1.25 bits per heavy atom. The lowest BCUT2D eigenvalue weighted by Crippen LogP contribution is -2.47. The second-order valence-electron chi connectivity index (χ2n) is 7.41. The quantitative estimate of drug-likeness (QED) is 0.702. The van der Waals surface area contributed by atoms with Gasteiger partial charge in [0.1, 0.15) is 11.0 Å². The van der Waals surface area contributed by atoms with E-state index in [1.807, 2.05) is 16.8 Å². The van der Waals surface area contributed by atoms with Crippen LogP contribution >= 0.6 is 34.4 Å². The number of thioether (sulfide) groups is 1. The lowest BCUT2D eigenvalue weighted by Gasteiger charge is -2.23. The Morgan fingerprint density at radius 2 is 2.11 bits per heavy atom. The number of hydrogen-bond donors (Lipinski definition) is 1. The Morgan fingerprint density at radius 3 is 2.89 bits per heavy atom. The molecule has 0 bridgehead atoms. The van der Waals surface area contributed by atoms with Crippen LogP contribution in [0.2, 0.25) is 0 Å². The highest BCUT2D eigenvalue weighted by Gasteiger charge is 2.34. The molecule has 2 aromatic rings. The fourth-order valence-corrected chi connectivity index (χ4v) is 6.69. The largest absolute Gasteiger partial charge is 0.349 e. The van der Waals surface area contributed by atoms with Crippen molar-refractivity contribution >= 4 is 46.2 Å². The molecule has 0 radical (unpaired) electrons. The minimum atomic E-state index is -0.350. The van der Waals surface area contributed by atoms with Crippen LogP contribution in [0.25, 0.3) is 9.88 Å². The van der Waals surface area contributed by atoms with Crippen LogP contribution in [0, 0.1) is 5.92 Å². The summed E-state index contributed by atoms with van der Waals surface area (Å²) in [7, 11) is 0. The van der Waals surface area contributed by atoms with Crippen LogP contribution in [0.1, 0.15) is 44.2 Å². The summed E-state index contributed by atoms with van der Waals surface area (Å²) in [4.78, 5) is 32.9. The van der Waals surface area contributed by atoms with Crippen molar-refractivity contribution in [1.29, 1.82) is 0 Å². The summed E-state index contributed by atoms with van der Waals surface area (Å²) >= 11 is 4.92. The zero-order valence-electron chi connectivity index (χ0n) is 15.8. The molecule has 5 nitrogen and oxygen atoms in total. The van der Waals surface area contributed by atoms with Gasteiger partial charge in [0.2, 0.25) is 11.8 Å². The molecule has 2 fully saturated rings. The zero-order chi connectivity index (χ0) is 19.3. The fraction of sp³-hybridized carbons (Fsp3) is 0.550. The molecule has 0 aromatic carbocycles. The van der Waals surface area contributed by atoms with Crippen molar-refractivity contribution in [2.24, 2.45) is 5.92 Å². The molecule has 0 unspecified atom stereocenters. The van der Waals surface area contributed by atoms with Gasteiger partial charge in [-0.2, -0.15) is 0 Å². The first kappa shape index (κ1) is 19.9. The molecule has 8 heteroatoms. The lowest BCUT2D eigenvalue weighted by atomic mass is 10.0. The number of nitrogens with one attached hydrogen (secondary N) is 1. The van der Waals surface area contributed by atoms with Gasteiger partial charge < -0.3 is 10.2 Å². The van der Waals surface area contributed by atoms with Gasteiger partial charge in [-0.1, -0.05) is 31.7 Å². The number of carbonyl (C=O) groups excluding carboxylic acids is 2. The highest BCUT2D eigenvalue weighted by molar-refractivity contribution is 7.99. The molecular formula is C20H25N3O2S3. The maximum absolute atomic E-state index is 12.7. The number of rotatable bonds is 7. The molecule has 1 N–H and O–H groups in total. The molecule has 2 aromatic heterocycles. The first-order valence-electron chi connectivity index (χ1n) is 9.84. The molecule has 1 atom stereocenters. The Kier molecular flexibility index (Phi) is 6.69. The van der Waals surface area contributed by atoms with Crippen molar-refractivity contribution < 1.29 is 9.59 Å². The normalized spacial score (nSPS) is 20.0. The predicted octanol–water partition coefficient (Wildman–Crippen LogP) is 4.36. The van der Waals surface area contributed by atoms with Crippen LogP contribution in [0.15, 0.2) is 22.9 Å². The molecule has 3 heterocycles. The van der Waals surface area contributed by atoms with E-state index in [9.17, 15) is 9.59 Å². The SMILES string of the molecule is O=C(NCc1csc(-c2cccs2)n1)[C@H]1CSCN1C(=O)CCC1CCCC1. The summed E-state index contributed by atoms with van der Waals surface area (Å²) in [6, 6.07) is 3.71. The molecule has 1 saturated carbocycles. The minimum Gasteiger partial charge on any atom is -0.349 e. The van der Waals surface area contributed by atoms with E-state index in [1.165, 1.54) is 25.7 Å². The Balaban J connectivity index is 1.28. The number of hydrogen-bond acceptors (Lipinski definition) is 6. The highest BCUT2D eigenvalue weighted by atomic mass is 32.2. The second kappa shape index (κ2) is 9.41. The third-order valence-electron chi connectivity index (χ3n) is 5.47. The van der Waals surface area contributed by atoms with Gasteiger partial charge in [0.05, 0.1) is 23.0 Å². The molecule has 1 aliphatic carbocycles. The number of carbonyl (C=O) groups is 2. The standard InChI is InChI=1S/C20H25N3O2S3/c24-18(8-7-14-4-1-2-5-14)23-13-26-12-16(23)19(25)21-10-15-11-28-20(22-15)17-6-3-9-27-17/h3,6,9,11,14,16H,1-2,4-5,7-8,10,12-13H2,(H,21,25)/t16-/m1/s1. The number of aromatic nitrogens is 1. The summed E-state index contributed by atoms with van der Waals surface area (Å²) in [5.41, 5.74) is 0.867. The summed E-state index contributed by atoms with van der Waals surface area (Å²) in [6.45, 7) is 0.409. The van der Waals surface area contributed by atoms with E-state index in [4.69, 9.17) is 0 Å². The molecule has 4 rings (SSSR count). The van der Waals surface area contributed by atoms with E-state index in [0.717, 1.165) is 22.0 Å². The van der Waals surface area contributed by atoms with Crippen LogP contribution in [-0.2, 0) is 16.1 Å². The van der Waals surface area contributed by atoms with Gasteiger partial charge in [0.25, 0.3) is 0 Å². The van der Waals surface area contributed by atoms with Gasteiger partial charge in [0.15, 0.2) is 0 Å². The monoisotopic (exact) mass is 435 g/mol. The molecule has 1 aliphatic heterocycles. The van der Waals surface area contributed by atoms with E-state index in [-0.39, 0.29) is 17.9 Å². The Hall–Kier alpha value is -1.38. The van der Waals surface area contributed by atoms with Crippen LogP contribution < -0.4 is 5.32 Å². The maximum atomic E-state index is 12.7. The summed E-state index contributed by atoms with van der Waals surface area (Å²) in [5.74, 6) is 2.07. The summed E-state index contributed by atoms with van der Waals surface area (Å²) < 4.78 is 0. The topological polar surface area (TPSA) is 62.3 Å². The van der Waals surface area contributed by atoms with E-state index in [2.05, 4.69) is 16.4 Å². The first-order chi connectivity index (χ1) is 13.7. The van der Waals surface area contributed by atoms with E-state index < -0.39 is 0 Å². The average molecular weight is 436 g/mol. The Labute approximate surface area is 177 Å². The molecule has 2 amide bonds. The van der Waals surface area contributed by atoms with Gasteiger partial charge in [-0.25, -0.2) is 4.98 Å². The van der Waals surface area contributed by atoms with E-state index in [0.29, 0.717) is 30.5 Å². The summed E-state index contributed by atoms with van der Waals surface area (Å²) in [6.07, 6.45) is 6.66. The van der Waals surface area contributed by atoms with Crippen molar-refractivity contribution in [3.63, 3.8) is 0 Å². The average Bonchev–Trinajstić information content (AvgIpc) is 3.50. The van der Waals surface area contributed by atoms with Gasteiger partial charge >= 0.3 is 0 Å².